The van der Waals surface area contributed by atoms with Crippen molar-refractivity contribution in [1.82, 2.24) is 0 Å². The molecule has 2 rings (SSSR count). The summed E-state index contributed by atoms with van der Waals surface area (Å²) in [6.45, 7) is 3.93. The molecule has 0 atom stereocenters. The van der Waals surface area contributed by atoms with E-state index >= 15 is 0 Å². The number of hydrogen-bond acceptors (Lipinski definition) is 2. The van der Waals surface area contributed by atoms with Crippen LogP contribution in [0, 0.1) is 19.8 Å². The predicted molar refractivity (Wildman–Crippen MR) is 69.3 cm³/mol. The van der Waals surface area contributed by atoms with Crippen LogP contribution in [0.5, 0.6) is 5.75 Å². The molecule has 0 N–H and O–H groups in total. The van der Waals surface area contributed by atoms with Crippen molar-refractivity contribution in [3.05, 3.63) is 28.8 Å². The van der Waals surface area contributed by atoms with Crippen LogP contribution in [0.15, 0.2) is 12.1 Å². The summed E-state index contributed by atoms with van der Waals surface area (Å²) >= 11 is 4.83. The first-order valence-corrected chi connectivity index (χ1v) is 6.52. The van der Waals surface area contributed by atoms with Crippen LogP contribution in [0.1, 0.15) is 34.3 Å². The Morgan fingerprint density at radius 1 is 1.42 bits per heavy atom. The van der Waals surface area contributed by atoms with Crippen LogP contribution in [0.4, 0.5) is 8.78 Å². The maximum absolute atomic E-state index is 13.0. The molecule has 1 fully saturated rings. The molecule has 0 amide bonds. The summed E-state index contributed by atoms with van der Waals surface area (Å²) < 4.78 is 31.6. The molecule has 0 unspecified atom stereocenters. The Morgan fingerprint density at radius 3 is 2.58 bits per heavy atom. The molecule has 19 heavy (non-hydrogen) atoms. The number of ether oxygens (including phenoxy) is 1. The Morgan fingerprint density at radius 2 is 2.05 bits per heavy atom. The molecular formula is C14H15ClF2O2. The van der Waals surface area contributed by atoms with Gasteiger partial charge in [-0.2, -0.15) is 8.78 Å². The zero-order valence-corrected chi connectivity index (χ0v) is 11.6. The van der Waals surface area contributed by atoms with Gasteiger partial charge in [-0.1, -0.05) is 6.07 Å². The molecule has 0 radical (unpaired) electrons. The van der Waals surface area contributed by atoms with Gasteiger partial charge in [0.25, 0.3) is 5.78 Å². The third-order valence-corrected chi connectivity index (χ3v) is 3.25. The van der Waals surface area contributed by atoms with Gasteiger partial charge in [-0.15, -0.1) is 0 Å². The second-order valence-corrected chi connectivity index (χ2v) is 5.51. The highest BCUT2D eigenvalue weighted by Gasteiger charge is 2.39. The number of benzene rings is 1. The van der Waals surface area contributed by atoms with E-state index in [1.807, 2.05) is 0 Å². The standard InChI is InChI=1S/C14H15ClF2O2/c1-8-5-9(2)12(19-7-10-3-4-10)11(6-8)13(18)14(15,16)17/h5-6,10H,3-4,7H2,1-2H3. The minimum atomic E-state index is -3.90. The Hall–Kier alpha value is -1.16. The average Bonchev–Trinajstić information content (AvgIpc) is 3.08. The van der Waals surface area contributed by atoms with Crippen molar-refractivity contribution in [2.75, 3.05) is 6.61 Å². The summed E-state index contributed by atoms with van der Waals surface area (Å²) in [5.41, 5.74) is 1.25. The number of carbonyl (C=O) groups is 1. The number of carbonyl (C=O) groups excluding carboxylic acids is 1. The maximum Gasteiger partial charge on any atom is 0.385 e. The molecule has 0 aliphatic heterocycles. The van der Waals surface area contributed by atoms with Gasteiger partial charge >= 0.3 is 5.38 Å². The number of aryl methyl sites for hydroxylation is 2. The van der Waals surface area contributed by atoms with E-state index in [2.05, 4.69) is 0 Å². The fourth-order valence-corrected chi connectivity index (χ4v) is 2.05. The van der Waals surface area contributed by atoms with E-state index in [9.17, 15) is 13.6 Å². The monoisotopic (exact) mass is 288 g/mol. The van der Waals surface area contributed by atoms with Gasteiger partial charge in [0.1, 0.15) is 5.75 Å². The van der Waals surface area contributed by atoms with Crippen LogP contribution in [-0.2, 0) is 0 Å². The fraction of sp³-hybridized carbons (Fsp3) is 0.500. The molecule has 0 saturated heterocycles. The highest BCUT2D eigenvalue weighted by Crippen LogP contribution is 2.35. The molecule has 0 bridgehead atoms. The van der Waals surface area contributed by atoms with Crippen LogP contribution < -0.4 is 4.74 Å². The molecule has 1 aliphatic carbocycles. The quantitative estimate of drug-likeness (QED) is 0.602. The first-order chi connectivity index (χ1) is 8.79. The van der Waals surface area contributed by atoms with Gasteiger partial charge in [-0.3, -0.25) is 4.79 Å². The van der Waals surface area contributed by atoms with Gasteiger partial charge < -0.3 is 4.74 Å². The maximum atomic E-state index is 13.0. The van der Waals surface area contributed by atoms with Gasteiger partial charge in [0.15, 0.2) is 0 Å². The molecule has 1 aromatic rings. The number of hydrogen-bond donors (Lipinski definition) is 0. The van der Waals surface area contributed by atoms with Crippen molar-refractivity contribution in [3.63, 3.8) is 0 Å². The number of Topliss-reactive ketones (excluding diaryl/α,β-unsaturated/α-hetero) is 1. The van der Waals surface area contributed by atoms with E-state index in [0.717, 1.165) is 18.4 Å². The van der Waals surface area contributed by atoms with Gasteiger partial charge in [0.2, 0.25) is 0 Å². The van der Waals surface area contributed by atoms with E-state index in [0.29, 0.717) is 18.1 Å². The van der Waals surface area contributed by atoms with E-state index in [1.165, 1.54) is 6.07 Å². The topological polar surface area (TPSA) is 26.3 Å². The lowest BCUT2D eigenvalue weighted by molar-refractivity contribution is 0.0531. The normalized spacial score (nSPS) is 15.4. The van der Waals surface area contributed by atoms with Crippen LogP contribution >= 0.6 is 11.6 Å². The fourth-order valence-electron chi connectivity index (χ4n) is 1.95. The third kappa shape index (κ3) is 3.44. The molecule has 5 heteroatoms. The van der Waals surface area contributed by atoms with E-state index in [-0.39, 0.29) is 11.3 Å². The summed E-state index contributed by atoms with van der Waals surface area (Å²) in [5.74, 6) is -0.713. The summed E-state index contributed by atoms with van der Waals surface area (Å²) in [4.78, 5) is 11.7. The first kappa shape index (κ1) is 14.3. The lowest BCUT2D eigenvalue weighted by atomic mass is 10.0. The molecule has 104 valence electrons. The third-order valence-electron chi connectivity index (χ3n) is 3.08. The van der Waals surface area contributed by atoms with Crippen LogP contribution in [0.3, 0.4) is 0 Å². The van der Waals surface area contributed by atoms with Gasteiger partial charge in [0, 0.05) is 0 Å². The summed E-state index contributed by atoms with van der Waals surface area (Å²) in [6, 6.07) is 3.19. The molecule has 0 spiro atoms. The first-order valence-electron chi connectivity index (χ1n) is 6.14. The molecule has 1 aliphatic rings. The van der Waals surface area contributed by atoms with E-state index < -0.39 is 11.2 Å². The summed E-state index contributed by atoms with van der Waals surface area (Å²) in [5, 5.41) is -3.90. The Balaban J connectivity index is 2.35. The van der Waals surface area contributed by atoms with E-state index in [1.54, 1.807) is 19.9 Å². The van der Waals surface area contributed by atoms with Crippen LogP contribution in [0.2, 0.25) is 0 Å². The molecular weight excluding hydrogens is 274 g/mol. The summed E-state index contributed by atoms with van der Waals surface area (Å²) in [6.07, 6.45) is 2.17. The zero-order chi connectivity index (χ0) is 14.2. The number of ketones is 1. The predicted octanol–water partition coefficient (Wildman–Crippen LogP) is 4.11. The molecule has 0 aromatic heterocycles. The van der Waals surface area contributed by atoms with Crippen molar-refractivity contribution < 1.29 is 18.3 Å². The van der Waals surface area contributed by atoms with Crippen LogP contribution in [-0.4, -0.2) is 17.8 Å². The largest absolute Gasteiger partial charge is 0.492 e. The molecule has 1 aromatic carbocycles. The minimum absolute atomic E-state index is 0.141. The van der Waals surface area contributed by atoms with Crippen molar-refractivity contribution in [3.8, 4) is 5.75 Å². The molecule has 1 saturated carbocycles. The average molecular weight is 289 g/mol. The van der Waals surface area contributed by atoms with Crippen molar-refractivity contribution in [2.24, 2.45) is 5.92 Å². The molecule has 2 nitrogen and oxygen atoms in total. The van der Waals surface area contributed by atoms with Crippen LogP contribution in [0.25, 0.3) is 0 Å². The van der Waals surface area contributed by atoms with Crippen molar-refractivity contribution >= 4 is 17.4 Å². The lowest BCUT2D eigenvalue weighted by Gasteiger charge is -2.16. The second kappa shape index (κ2) is 5.08. The number of rotatable bonds is 5. The SMILES string of the molecule is Cc1cc(C)c(OCC2CC2)c(C(=O)C(F)(F)Cl)c1. The number of halogens is 3. The second-order valence-electron chi connectivity index (χ2n) is 5.04. The number of alkyl halides is 3. The van der Waals surface area contributed by atoms with Crippen molar-refractivity contribution in [1.29, 1.82) is 0 Å². The molecule has 0 heterocycles. The van der Waals surface area contributed by atoms with E-state index in [4.69, 9.17) is 16.3 Å². The lowest BCUT2D eigenvalue weighted by Crippen LogP contribution is -2.23. The Bertz CT molecular complexity index is 505. The highest BCUT2D eigenvalue weighted by atomic mass is 35.5. The zero-order valence-electron chi connectivity index (χ0n) is 10.8. The summed E-state index contributed by atoms with van der Waals surface area (Å²) in [7, 11) is 0. The smallest absolute Gasteiger partial charge is 0.385 e. The minimum Gasteiger partial charge on any atom is -0.492 e. The Labute approximate surface area is 115 Å². The Kier molecular flexibility index (Phi) is 3.81. The van der Waals surface area contributed by atoms with Crippen molar-refractivity contribution in [2.45, 2.75) is 32.1 Å². The van der Waals surface area contributed by atoms with Gasteiger partial charge in [-0.05, 0) is 61.4 Å². The van der Waals surface area contributed by atoms with Gasteiger partial charge in [-0.25, -0.2) is 0 Å². The van der Waals surface area contributed by atoms with Gasteiger partial charge in [0.05, 0.1) is 12.2 Å². The highest BCUT2D eigenvalue weighted by molar-refractivity contribution is 6.35.